The number of carbonyl (C=O) groups is 1. The van der Waals surface area contributed by atoms with Crippen LogP contribution < -0.4 is 5.09 Å². The van der Waals surface area contributed by atoms with E-state index in [0.717, 1.165) is 0 Å². The maximum absolute atomic E-state index is 12.3. The quantitative estimate of drug-likeness (QED) is 0.578. The Morgan fingerprint density at radius 1 is 1.11 bits per heavy atom. The van der Waals surface area contributed by atoms with E-state index in [1.807, 2.05) is 0 Å². The highest BCUT2D eigenvalue weighted by Crippen LogP contribution is 2.46. The molecule has 108 valence electrons. The third-order valence-electron chi connectivity index (χ3n) is 1.74. The second kappa shape index (κ2) is 7.21. The van der Waals surface area contributed by atoms with E-state index in [1.54, 1.807) is 27.7 Å². The minimum atomic E-state index is -3.79. The number of rotatable bonds is 8. The fraction of sp³-hybridized carbons (Fsp3) is 0.900. The smallest absolute Gasteiger partial charge is 0.406 e. The third kappa shape index (κ3) is 6.47. The number of hydrogen-bond donors (Lipinski definition) is 3. The van der Waals surface area contributed by atoms with Crippen molar-refractivity contribution >= 4 is 13.7 Å². The number of aliphatic hydroxyl groups is 1. The van der Waals surface area contributed by atoms with Crippen LogP contribution in [0.4, 0.5) is 0 Å². The van der Waals surface area contributed by atoms with E-state index >= 15 is 0 Å². The number of nitrogens with one attached hydrogen (secondary N) is 1. The molecule has 0 aliphatic carbocycles. The predicted molar refractivity (Wildman–Crippen MR) is 66.3 cm³/mol. The number of aliphatic carboxylic acids is 1. The first-order valence-electron chi connectivity index (χ1n) is 5.73. The second-order valence-electron chi connectivity index (χ2n) is 4.49. The molecule has 0 aromatic heterocycles. The number of carboxylic acid groups (broad SMARTS) is 1. The molecule has 0 saturated carbocycles. The number of hydrogen-bond acceptors (Lipinski definition) is 5. The summed E-state index contributed by atoms with van der Waals surface area (Å²) in [5, 5.41) is 20.5. The van der Waals surface area contributed by atoms with Crippen molar-refractivity contribution in [1.29, 1.82) is 0 Å². The third-order valence-corrected chi connectivity index (χ3v) is 3.74. The normalized spacial score (nSPS) is 16.0. The summed E-state index contributed by atoms with van der Waals surface area (Å²) in [5.74, 6) is -1.33. The van der Waals surface area contributed by atoms with Gasteiger partial charge in [-0.25, -0.2) is 9.65 Å². The molecule has 0 amide bonds. The van der Waals surface area contributed by atoms with Gasteiger partial charge in [0.1, 0.15) is 6.04 Å². The van der Waals surface area contributed by atoms with E-state index in [2.05, 4.69) is 5.09 Å². The lowest BCUT2D eigenvalue weighted by atomic mass is 10.2. The van der Waals surface area contributed by atoms with Gasteiger partial charge >= 0.3 is 13.7 Å². The first-order valence-corrected chi connectivity index (χ1v) is 7.27. The zero-order valence-corrected chi connectivity index (χ0v) is 12.2. The van der Waals surface area contributed by atoms with Gasteiger partial charge in [0.15, 0.2) is 0 Å². The highest BCUT2D eigenvalue weighted by atomic mass is 31.2. The molecule has 0 aromatic rings. The lowest BCUT2D eigenvalue weighted by Gasteiger charge is -2.27. The van der Waals surface area contributed by atoms with Gasteiger partial charge in [-0.1, -0.05) is 0 Å². The van der Waals surface area contributed by atoms with Crippen molar-refractivity contribution in [1.82, 2.24) is 5.09 Å². The lowest BCUT2D eigenvalue weighted by Crippen LogP contribution is -2.44. The Kier molecular flexibility index (Phi) is 7.02. The summed E-state index contributed by atoms with van der Waals surface area (Å²) in [6.07, 6.45) is -2.06. The molecule has 18 heavy (non-hydrogen) atoms. The van der Waals surface area contributed by atoms with Crippen LogP contribution in [0.5, 0.6) is 0 Å². The molecule has 0 radical (unpaired) electrons. The van der Waals surface area contributed by atoms with Gasteiger partial charge in [0.05, 0.1) is 18.3 Å². The van der Waals surface area contributed by atoms with E-state index in [9.17, 15) is 14.5 Å². The minimum absolute atomic E-state index is 0.412. The summed E-state index contributed by atoms with van der Waals surface area (Å²) in [4.78, 5) is 10.9. The Morgan fingerprint density at radius 2 is 1.50 bits per heavy atom. The lowest BCUT2D eigenvalue weighted by molar-refractivity contribution is -0.141. The zero-order chi connectivity index (χ0) is 14.5. The molecule has 2 atom stereocenters. The molecule has 8 heteroatoms. The summed E-state index contributed by atoms with van der Waals surface area (Å²) in [6.45, 7) is 7.87. The van der Waals surface area contributed by atoms with Crippen molar-refractivity contribution < 1.29 is 28.6 Å². The van der Waals surface area contributed by atoms with Crippen molar-refractivity contribution in [3.8, 4) is 0 Å². The maximum atomic E-state index is 12.3. The van der Waals surface area contributed by atoms with Gasteiger partial charge in [0.25, 0.3) is 0 Å². The van der Waals surface area contributed by atoms with Crippen molar-refractivity contribution in [2.45, 2.75) is 59.0 Å². The van der Waals surface area contributed by atoms with Crippen molar-refractivity contribution in [3.63, 3.8) is 0 Å². The molecular formula is C10H22NO6P. The summed E-state index contributed by atoms with van der Waals surface area (Å²) in [6, 6.07) is -1.42. The Morgan fingerprint density at radius 3 is 1.72 bits per heavy atom. The molecule has 7 nitrogen and oxygen atoms in total. The van der Waals surface area contributed by atoms with E-state index < -0.39 is 38.1 Å². The Balaban J connectivity index is 4.97. The Hall–Kier alpha value is -0.460. The van der Waals surface area contributed by atoms with E-state index in [-0.39, 0.29) is 0 Å². The van der Waals surface area contributed by atoms with Crippen LogP contribution in [0.25, 0.3) is 0 Å². The van der Waals surface area contributed by atoms with Crippen LogP contribution in [0.1, 0.15) is 34.6 Å². The average molecular weight is 283 g/mol. The van der Waals surface area contributed by atoms with Gasteiger partial charge in [0, 0.05) is 0 Å². The monoisotopic (exact) mass is 283 g/mol. The summed E-state index contributed by atoms with van der Waals surface area (Å²) < 4.78 is 22.6. The van der Waals surface area contributed by atoms with Gasteiger partial charge in [0.2, 0.25) is 0 Å². The molecule has 0 fully saturated rings. The van der Waals surface area contributed by atoms with Crippen molar-refractivity contribution in [2.75, 3.05) is 0 Å². The molecule has 0 bridgehead atoms. The molecule has 3 N–H and O–H groups in total. The molecule has 0 rings (SSSR count). The summed E-state index contributed by atoms with van der Waals surface area (Å²) >= 11 is 0. The topological polar surface area (TPSA) is 105 Å². The second-order valence-corrected chi connectivity index (χ2v) is 6.17. The van der Waals surface area contributed by atoms with Crippen LogP contribution in [-0.4, -0.2) is 40.5 Å². The molecule has 0 spiro atoms. The highest BCUT2D eigenvalue weighted by molar-refractivity contribution is 7.51. The Labute approximate surface area is 107 Å². The van der Waals surface area contributed by atoms with Crippen LogP contribution >= 0.6 is 7.75 Å². The van der Waals surface area contributed by atoms with E-state index in [1.165, 1.54) is 6.92 Å². The van der Waals surface area contributed by atoms with Gasteiger partial charge in [-0.2, -0.15) is 0 Å². The number of carboxylic acids is 1. The molecule has 0 saturated heterocycles. The molecular weight excluding hydrogens is 261 g/mol. The van der Waals surface area contributed by atoms with Gasteiger partial charge in [-0.05, 0) is 34.6 Å². The standard InChI is InChI=1S/C10H22NO6P/c1-6(2)16-18(15,17-7(3)4)11-9(8(5)12)10(13)14/h6-9,12H,1-5H3,(H,11,15)(H,13,14)/t8-,9+/m1/s1. The summed E-state index contributed by atoms with van der Waals surface area (Å²) in [5.41, 5.74) is 0. The number of aliphatic hydroxyl groups excluding tert-OH is 1. The van der Waals surface area contributed by atoms with Gasteiger partial charge in [-0.15, -0.1) is 0 Å². The largest absolute Gasteiger partial charge is 0.480 e. The summed E-state index contributed by atoms with van der Waals surface area (Å²) in [7, 11) is -3.79. The molecule has 0 aliphatic heterocycles. The maximum Gasteiger partial charge on any atom is 0.406 e. The van der Waals surface area contributed by atoms with Crippen molar-refractivity contribution in [2.24, 2.45) is 0 Å². The van der Waals surface area contributed by atoms with E-state index in [0.29, 0.717) is 0 Å². The van der Waals surface area contributed by atoms with Gasteiger partial charge < -0.3 is 10.2 Å². The van der Waals surface area contributed by atoms with Crippen molar-refractivity contribution in [3.05, 3.63) is 0 Å². The highest BCUT2D eigenvalue weighted by Gasteiger charge is 2.36. The van der Waals surface area contributed by atoms with Gasteiger partial charge in [-0.3, -0.25) is 13.8 Å². The predicted octanol–water partition coefficient (Wildman–Crippen LogP) is 1.37. The first kappa shape index (κ1) is 17.5. The average Bonchev–Trinajstić information content (AvgIpc) is 2.10. The molecule has 0 heterocycles. The van der Waals surface area contributed by atoms with Crippen LogP contribution in [0.3, 0.4) is 0 Å². The first-order chi connectivity index (χ1) is 8.07. The van der Waals surface area contributed by atoms with Crippen LogP contribution in [-0.2, 0) is 18.4 Å². The SMILES string of the molecule is CC(C)OP(=O)(N[C@H](C(=O)O)[C@@H](C)O)OC(C)C. The fourth-order valence-electron chi connectivity index (χ4n) is 1.18. The zero-order valence-electron chi connectivity index (χ0n) is 11.3. The Bertz CT molecular complexity index is 303. The molecule has 0 unspecified atom stereocenters. The molecule has 0 aliphatic rings. The fourth-order valence-corrected chi connectivity index (χ4v) is 3.13. The molecule has 0 aromatic carbocycles. The minimum Gasteiger partial charge on any atom is -0.480 e. The van der Waals surface area contributed by atoms with Crippen LogP contribution in [0, 0.1) is 0 Å². The van der Waals surface area contributed by atoms with Crippen LogP contribution in [0.2, 0.25) is 0 Å². The van der Waals surface area contributed by atoms with Crippen LogP contribution in [0.15, 0.2) is 0 Å². The van der Waals surface area contributed by atoms with E-state index in [4.69, 9.17) is 14.2 Å².